The van der Waals surface area contributed by atoms with Gasteiger partial charge in [-0.15, -0.1) is 0 Å². The first-order chi connectivity index (χ1) is 15.3. The summed E-state index contributed by atoms with van der Waals surface area (Å²) in [5.41, 5.74) is 7.74. The van der Waals surface area contributed by atoms with E-state index in [2.05, 4.69) is 52.0 Å². The normalized spacial score (nSPS) is 30.4. The monoisotopic (exact) mass is 432 g/mol. The number of esters is 1. The van der Waals surface area contributed by atoms with Crippen LogP contribution in [0.4, 0.5) is 0 Å². The minimum Gasteiger partial charge on any atom is -0.496 e. The molecule has 4 saturated carbocycles. The van der Waals surface area contributed by atoms with Crippen molar-refractivity contribution in [2.75, 3.05) is 7.11 Å². The van der Waals surface area contributed by atoms with E-state index in [1.165, 1.54) is 49.3 Å². The van der Waals surface area contributed by atoms with Crippen LogP contribution in [-0.2, 0) is 4.79 Å². The lowest BCUT2D eigenvalue weighted by atomic mass is 9.46. The SMILES string of the molecule is COc1c(C)cc(C2C3CC4CC2CC(C3)C4c2cc(C)c(OC(C)=O)c(C)c2)cc1C. The molecule has 3 nitrogen and oxygen atoms in total. The zero-order valence-electron chi connectivity index (χ0n) is 20.3. The van der Waals surface area contributed by atoms with Crippen molar-refractivity contribution in [1.82, 2.24) is 0 Å². The Morgan fingerprint density at radius 1 is 0.688 bits per heavy atom. The summed E-state index contributed by atoms with van der Waals surface area (Å²) in [6.45, 7) is 10.0. The number of carbonyl (C=O) groups is 1. The molecule has 0 heterocycles. The number of hydrogen-bond acceptors (Lipinski definition) is 3. The highest BCUT2D eigenvalue weighted by Crippen LogP contribution is 2.64. The van der Waals surface area contributed by atoms with E-state index in [1.54, 1.807) is 12.7 Å². The number of aryl methyl sites for hydroxylation is 4. The second kappa shape index (κ2) is 7.93. The number of carbonyl (C=O) groups excluding carboxylic acids is 1. The van der Waals surface area contributed by atoms with E-state index in [1.807, 2.05) is 0 Å². The summed E-state index contributed by atoms with van der Waals surface area (Å²) >= 11 is 0. The summed E-state index contributed by atoms with van der Waals surface area (Å²) in [4.78, 5) is 11.5. The van der Waals surface area contributed by atoms with Gasteiger partial charge in [0.1, 0.15) is 11.5 Å². The summed E-state index contributed by atoms with van der Waals surface area (Å²) in [6, 6.07) is 9.39. The van der Waals surface area contributed by atoms with Crippen LogP contribution in [0.25, 0.3) is 0 Å². The smallest absolute Gasteiger partial charge is 0.308 e. The first-order valence-corrected chi connectivity index (χ1v) is 12.2. The molecule has 0 saturated heterocycles. The predicted molar refractivity (Wildman–Crippen MR) is 128 cm³/mol. The second-order valence-electron chi connectivity index (χ2n) is 10.8. The molecule has 0 aromatic heterocycles. The maximum atomic E-state index is 11.5. The second-order valence-corrected chi connectivity index (χ2v) is 10.8. The van der Waals surface area contributed by atoms with Crippen molar-refractivity contribution in [1.29, 1.82) is 0 Å². The molecule has 3 heteroatoms. The lowest BCUT2D eigenvalue weighted by Crippen LogP contribution is -2.48. The third-order valence-electron chi connectivity index (χ3n) is 8.64. The molecule has 0 amide bonds. The van der Waals surface area contributed by atoms with E-state index in [0.29, 0.717) is 11.8 Å². The van der Waals surface area contributed by atoms with Crippen LogP contribution in [0.1, 0.15) is 77.8 Å². The van der Waals surface area contributed by atoms with Gasteiger partial charge in [-0.05, 0) is 122 Å². The van der Waals surface area contributed by atoms with Crippen LogP contribution in [0.3, 0.4) is 0 Å². The molecule has 170 valence electrons. The van der Waals surface area contributed by atoms with Gasteiger partial charge in [0.05, 0.1) is 7.11 Å². The largest absolute Gasteiger partial charge is 0.496 e. The fourth-order valence-corrected chi connectivity index (χ4v) is 7.95. The predicted octanol–water partition coefficient (Wildman–Crippen LogP) is 6.79. The highest BCUT2D eigenvalue weighted by molar-refractivity contribution is 5.70. The van der Waals surface area contributed by atoms with Crippen LogP contribution in [-0.4, -0.2) is 13.1 Å². The summed E-state index contributed by atoms with van der Waals surface area (Å²) in [6.07, 6.45) is 5.37. The number of ether oxygens (including phenoxy) is 2. The van der Waals surface area contributed by atoms with Gasteiger partial charge in [-0.3, -0.25) is 4.79 Å². The Bertz CT molecular complexity index is 990. The van der Waals surface area contributed by atoms with Crippen LogP contribution in [0.15, 0.2) is 24.3 Å². The fraction of sp³-hybridized carbons (Fsp3) is 0.552. The van der Waals surface area contributed by atoms with Gasteiger partial charge in [0.2, 0.25) is 0 Å². The molecular formula is C29H36O3. The van der Waals surface area contributed by atoms with Crippen LogP contribution < -0.4 is 9.47 Å². The van der Waals surface area contributed by atoms with Crippen molar-refractivity contribution in [3.8, 4) is 11.5 Å². The van der Waals surface area contributed by atoms with E-state index >= 15 is 0 Å². The zero-order valence-corrected chi connectivity index (χ0v) is 20.3. The topological polar surface area (TPSA) is 35.5 Å². The molecule has 0 radical (unpaired) electrons. The maximum absolute atomic E-state index is 11.5. The lowest BCUT2D eigenvalue weighted by molar-refractivity contribution is -0.131. The van der Waals surface area contributed by atoms with Crippen molar-refractivity contribution < 1.29 is 14.3 Å². The van der Waals surface area contributed by atoms with Gasteiger partial charge < -0.3 is 9.47 Å². The quantitative estimate of drug-likeness (QED) is 0.394. The summed E-state index contributed by atoms with van der Waals surface area (Å²) in [5.74, 6) is 6.10. The molecule has 6 rings (SSSR count). The Labute approximate surface area is 192 Å². The van der Waals surface area contributed by atoms with E-state index in [-0.39, 0.29) is 5.97 Å². The number of benzene rings is 2. The Balaban J connectivity index is 1.41. The first kappa shape index (κ1) is 21.6. The van der Waals surface area contributed by atoms with Gasteiger partial charge in [0.15, 0.2) is 0 Å². The third-order valence-corrected chi connectivity index (χ3v) is 8.64. The Hall–Kier alpha value is -2.29. The van der Waals surface area contributed by atoms with Gasteiger partial charge in [-0.1, -0.05) is 24.3 Å². The number of rotatable bonds is 4. The Morgan fingerprint density at radius 2 is 1.03 bits per heavy atom. The van der Waals surface area contributed by atoms with Gasteiger partial charge in [0.25, 0.3) is 0 Å². The number of methoxy groups -OCH3 is 1. The lowest BCUT2D eigenvalue weighted by Gasteiger charge is -2.58. The van der Waals surface area contributed by atoms with Crippen molar-refractivity contribution in [3.05, 3.63) is 57.6 Å². The maximum Gasteiger partial charge on any atom is 0.308 e. The average Bonchev–Trinajstić information content (AvgIpc) is 2.69. The zero-order chi connectivity index (χ0) is 22.7. The third kappa shape index (κ3) is 3.45. The molecule has 2 aromatic rings. The Kier molecular flexibility index (Phi) is 5.34. The number of hydrogen-bond donors (Lipinski definition) is 0. The molecule has 4 fully saturated rings. The van der Waals surface area contributed by atoms with Gasteiger partial charge in [-0.25, -0.2) is 0 Å². The molecule has 0 unspecified atom stereocenters. The van der Waals surface area contributed by atoms with Crippen LogP contribution in [0.2, 0.25) is 0 Å². The standard InChI is InChI=1S/C29H36O3/c1-15-7-20(8-16(2)28(15)31-6)26-22-11-24-13-23(26)14-25(12-22)27(24)21-9-17(3)29(18(4)10-21)32-19(5)30/h7-10,22-27H,11-14H2,1-6H3. The average molecular weight is 433 g/mol. The van der Waals surface area contributed by atoms with Crippen LogP contribution in [0, 0.1) is 51.4 Å². The van der Waals surface area contributed by atoms with E-state index < -0.39 is 0 Å². The molecule has 32 heavy (non-hydrogen) atoms. The van der Waals surface area contributed by atoms with Gasteiger partial charge >= 0.3 is 5.97 Å². The first-order valence-electron chi connectivity index (χ1n) is 12.2. The molecule has 0 spiro atoms. The van der Waals surface area contributed by atoms with Crippen LogP contribution >= 0.6 is 0 Å². The molecular weight excluding hydrogens is 396 g/mol. The van der Waals surface area contributed by atoms with E-state index in [0.717, 1.165) is 46.3 Å². The highest BCUT2D eigenvalue weighted by atomic mass is 16.5. The summed E-state index contributed by atoms with van der Waals surface area (Å²) < 4.78 is 11.1. The Morgan fingerprint density at radius 3 is 1.34 bits per heavy atom. The van der Waals surface area contributed by atoms with Gasteiger partial charge in [0, 0.05) is 6.92 Å². The van der Waals surface area contributed by atoms with Crippen molar-refractivity contribution >= 4 is 5.97 Å². The van der Waals surface area contributed by atoms with Crippen molar-refractivity contribution in [3.63, 3.8) is 0 Å². The molecule has 0 N–H and O–H groups in total. The summed E-state index contributed by atoms with van der Waals surface area (Å²) in [5, 5.41) is 0. The molecule has 2 aromatic carbocycles. The fourth-order valence-electron chi connectivity index (χ4n) is 7.95. The summed E-state index contributed by atoms with van der Waals surface area (Å²) in [7, 11) is 1.78. The van der Waals surface area contributed by atoms with Crippen LogP contribution in [0.5, 0.6) is 11.5 Å². The molecule has 4 aliphatic rings. The highest BCUT2D eigenvalue weighted by Gasteiger charge is 2.53. The molecule has 4 aliphatic carbocycles. The van der Waals surface area contributed by atoms with E-state index in [4.69, 9.17) is 9.47 Å². The van der Waals surface area contributed by atoms with Crippen molar-refractivity contribution in [2.45, 2.75) is 72.1 Å². The molecule has 0 aliphatic heterocycles. The van der Waals surface area contributed by atoms with E-state index in [9.17, 15) is 4.79 Å². The minimum atomic E-state index is -0.242. The van der Waals surface area contributed by atoms with Gasteiger partial charge in [-0.2, -0.15) is 0 Å². The molecule has 0 atom stereocenters. The molecule has 4 bridgehead atoms. The van der Waals surface area contributed by atoms with Crippen molar-refractivity contribution in [2.24, 2.45) is 23.7 Å². The minimum absolute atomic E-state index is 0.242.